The van der Waals surface area contributed by atoms with E-state index < -0.39 is 0 Å². The Bertz CT molecular complexity index is 474. The van der Waals surface area contributed by atoms with Crippen molar-refractivity contribution < 1.29 is 4.39 Å². The van der Waals surface area contributed by atoms with Crippen LogP contribution in [0.25, 0.3) is 12.2 Å². The minimum atomic E-state index is -0.231. The number of halogens is 1. The molecule has 1 aromatic carbocycles. The molecule has 76 valence electrons. The van der Waals surface area contributed by atoms with E-state index in [1.807, 2.05) is 17.5 Å². The number of nitrogen functional groups attached to an aromatic ring is 1. The number of hydrogen-bond acceptors (Lipinski definition) is 3. The van der Waals surface area contributed by atoms with Crippen molar-refractivity contribution in [3.63, 3.8) is 0 Å². The van der Waals surface area contributed by atoms with Gasteiger partial charge >= 0.3 is 0 Å². The van der Waals surface area contributed by atoms with Crippen LogP contribution in [0.1, 0.15) is 11.3 Å². The van der Waals surface area contributed by atoms with E-state index >= 15 is 0 Å². The molecule has 0 aliphatic rings. The van der Waals surface area contributed by atoms with Crippen LogP contribution in [0.5, 0.6) is 0 Å². The molecule has 2 rings (SSSR count). The van der Waals surface area contributed by atoms with Crippen molar-refractivity contribution >= 4 is 28.6 Å². The van der Waals surface area contributed by atoms with Crippen molar-refractivity contribution in [2.24, 2.45) is 0 Å². The number of thiazole rings is 1. The minimum Gasteiger partial charge on any atom is -0.375 e. The van der Waals surface area contributed by atoms with Gasteiger partial charge in [0.2, 0.25) is 0 Å². The lowest BCUT2D eigenvalue weighted by molar-refractivity contribution is 0.628. The molecule has 0 saturated heterocycles. The molecule has 0 fully saturated rings. The second-order valence-electron chi connectivity index (χ2n) is 3.00. The van der Waals surface area contributed by atoms with Crippen LogP contribution in [-0.4, -0.2) is 4.98 Å². The SMILES string of the molecule is Nc1nc(/C=C/c2ccc(F)cc2)cs1. The Labute approximate surface area is 90.9 Å². The number of rotatable bonds is 2. The molecule has 0 atom stereocenters. The number of anilines is 1. The standard InChI is InChI=1S/C11H9FN2S/c12-9-4-1-8(2-5-9)3-6-10-7-15-11(13)14-10/h1-7H,(H2,13,14)/b6-3+. The van der Waals surface area contributed by atoms with E-state index in [2.05, 4.69) is 4.98 Å². The van der Waals surface area contributed by atoms with Crippen molar-refractivity contribution in [2.75, 3.05) is 5.73 Å². The van der Waals surface area contributed by atoms with E-state index in [0.717, 1.165) is 11.3 Å². The fraction of sp³-hybridized carbons (Fsp3) is 0. The maximum absolute atomic E-state index is 12.6. The molecule has 0 unspecified atom stereocenters. The van der Waals surface area contributed by atoms with Gasteiger partial charge in [-0.05, 0) is 23.8 Å². The summed E-state index contributed by atoms with van der Waals surface area (Å²) in [6, 6.07) is 6.27. The van der Waals surface area contributed by atoms with E-state index in [9.17, 15) is 4.39 Å². The number of nitrogens with zero attached hydrogens (tertiary/aromatic N) is 1. The third kappa shape index (κ3) is 2.63. The number of aromatic nitrogens is 1. The van der Waals surface area contributed by atoms with Gasteiger partial charge in [0, 0.05) is 5.38 Å². The first kappa shape index (κ1) is 9.86. The van der Waals surface area contributed by atoms with Crippen LogP contribution in [-0.2, 0) is 0 Å². The topological polar surface area (TPSA) is 38.9 Å². The van der Waals surface area contributed by atoms with Gasteiger partial charge in [0.05, 0.1) is 5.69 Å². The minimum absolute atomic E-state index is 0.231. The zero-order valence-electron chi connectivity index (χ0n) is 7.85. The number of benzene rings is 1. The first-order valence-electron chi connectivity index (χ1n) is 4.39. The van der Waals surface area contributed by atoms with Crippen LogP contribution < -0.4 is 5.73 Å². The zero-order valence-corrected chi connectivity index (χ0v) is 8.67. The highest BCUT2D eigenvalue weighted by atomic mass is 32.1. The third-order valence-electron chi connectivity index (χ3n) is 1.86. The average molecular weight is 220 g/mol. The summed E-state index contributed by atoms with van der Waals surface area (Å²) >= 11 is 1.40. The Morgan fingerprint density at radius 1 is 1.20 bits per heavy atom. The van der Waals surface area contributed by atoms with Crippen LogP contribution in [0.15, 0.2) is 29.6 Å². The van der Waals surface area contributed by atoms with E-state index in [-0.39, 0.29) is 5.82 Å². The van der Waals surface area contributed by atoms with Gasteiger partial charge in [0.1, 0.15) is 5.82 Å². The predicted octanol–water partition coefficient (Wildman–Crippen LogP) is 3.03. The highest BCUT2D eigenvalue weighted by molar-refractivity contribution is 7.13. The van der Waals surface area contributed by atoms with Gasteiger partial charge in [0.15, 0.2) is 5.13 Å². The third-order valence-corrected chi connectivity index (χ3v) is 2.55. The molecule has 2 aromatic rings. The smallest absolute Gasteiger partial charge is 0.180 e. The molecule has 4 heteroatoms. The Hall–Kier alpha value is -1.68. The van der Waals surface area contributed by atoms with Crippen molar-refractivity contribution in [1.29, 1.82) is 0 Å². The van der Waals surface area contributed by atoms with Gasteiger partial charge in [-0.25, -0.2) is 9.37 Å². The molecular weight excluding hydrogens is 211 g/mol. The lowest BCUT2D eigenvalue weighted by Crippen LogP contribution is -1.81. The van der Waals surface area contributed by atoms with Crippen LogP contribution in [0.4, 0.5) is 9.52 Å². The largest absolute Gasteiger partial charge is 0.375 e. The van der Waals surface area contributed by atoms with Gasteiger partial charge < -0.3 is 5.73 Å². The van der Waals surface area contributed by atoms with E-state index in [1.165, 1.54) is 23.5 Å². The molecule has 0 aliphatic carbocycles. The highest BCUT2D eigenvalue weighted by Gasteiger charge is 1.93. The van der Waals surface area contributed by atoms with E-state index in [0.29, 0.717) is 5.13 Å². The van der Waals surface area contributed by atoms with Crippen molar-refractivity contribution in [1.82, 2.24) is 4.98 Å². The maximum atomic E-state index is 12.6. The molecule has 2 N–H and O–H groups in total. The monoisotopic (exact) mass is 220 g/mol. The van der Waals surface area contributed by atoms with Gasteiger partial charge in [-0.2, -0.15) is 0 Å². The lowest BCUT2D eigenvalue weighted by Gasteiger charge is -1.91. The fourth-order valence-corrected chi connectivity index (χ4v) is 1.66. The average Bonchev–Trinajstić information content (AvgIpc) is 2.64. The van der Waals surface area contributed by atoms with Crippen LogP contribution >= 0.6 is 11.3 Å². The van der Waals surface area contributed by atoms with E-state index in [4.69, 9.17) is 5.73 Å². The molecule has 0 spiro atoms. The molecule has 0 amide bonds. The second kappa shape index (κ2) is 4.23. The summed E-state index contributed by atoms with van der Waals surface area (Å²) in [6.45, 7) is 0. The van der Waals surface area contributed by atoms with Crippen molar-refractivity contribution in [2.45, 2.75) is 0 Å². The summed E-state index contributed by atoms with van der Waals surface area (Å²) < 4.78 is 12.6. The predicted molar refractivity (Wildman–Crippen MR) is 61.9 cm³/mol. The summed E-state index contributed by atoms with van der Waals surface area (Å²) in [7, 11) is 0. The molecule has 1 aromatic heterocycles. The lowest BCUT2D eigenvalue weighted by atomic mass is 10.2. The van der Waals surface area contributed by atoms with Gasteiger partial charge in [-0.1, -0.05) is 18.2 Å². The first-order chi connectivity index (χ1) is 7.24. The molecule has 0 radical (unpaired) electrons. The van der Waals surface area contributed by atoms with Crippen molar-refractivity contribution in [3.05, 3.63) is 46.7 Å². The summed E-state index contributed by atoms with van der Waals surface area (Å²) in [4.78, 5) is 4.08. The number of hydrogen-bond donors (Lipinski definition) is 1. The summed E-state index contributed by atoms with van der Waals surface area (Å²) in [5.74, 6) is -0.231. The van der Waals surface area contributed by atoms with Gasteiger partial charge in [-0.3, -0.25) is 0 Å². The van der Waals surface area contributed by atoms with Crippen LogP contribution in [0, 0.1) is 5.82 Å². The Morgan fingerprint density at radius 3 is 2.53 bits per heavy atom. The highest BCUT2D eigenvalue weighted by Crippen LogP contribution is 2.14. The normalized spacial score (nSPS) is 11.0. The summed E-state index contributed by atoms with van der Waals surface area (Å²) in [5, 5.41) is 2.42. The second-order valence-corrected chi connectivity index (χ2v) is 3.89. The van der Waals surface area contributed by atoms with Gasteiger partial charge in [0.25, 0.3) is 0 Å². The first-order valence-corrected chi connectivity index (χ1v) is 5.27. The van der Waals surface area contributed by atoms with Crippen molar-refractivity contribution in [3.8, 4) is 0 Å². The Kier molecular flexibility index (Phi) is 2.78. The van der Waals surface area contributed by atoms with E-state index in [1.54, 1.807) is 12.1 Å². The van der Waals surface area contributed by atoms with Gasteiger partial charge in [-0.15, -0.1) is 11.3 Å². The Morgan fingerprint density at radius 2 is 1.93 bits per heavy atom. The quantitative estimate of drug-likeness (QED) is 0.844. The van der Waals surface area contributed by atoms with Crippen LogP contribution in [0.3, 0.4) is 0 Å². The molecular formula is C11H9FN2S. The summed E-state index contributed by atoms with van der Waals surface area (Å²) in [5.41, 5.74) is 7.25. The Balaban J connectivity index is 2.14. The number of nitrogens with two attached hydrogens (primary N) is 1. The molecule has 15 heavy (non-hydrogen) atoms. The molecule has 0 bridgehead atoms. The molecule has 0 saturated carbocycles. The maximum Gasteiger partial charge on any atom is 0.180 e. The fourth-order valence-electron chi connectivity index (χ4n) is 1.13. The molecule has 0 aliphatic heterocycles. The van der Waals surface area contributed by atoms with Crippen LogP contribution in [0.2, 0.25) is 0 Å². The zero-order chi connectivity index (χ0) is 10.7. The molecule has 1 heterocycles. The molecule has 2 nitrogen and oxygen atoms in total. The summed E-state index contributed by atoms with van der Waals surface area (Å²) in [6.07, 6.45) is 3.72.